The zero-order chi connectivity index (χ0) is 20.9. The second kappa shape index (κ2) is 9.23. The van der Waals surface area contributed by atoms with Crippen molar-refractivity contribution >= 4 is 17.5 Å². The molecule has 0 aliphatic carbocycles. The number of aryl methyl sites for hydroxylation is 1. The van der Waals surface area contributed by atoms with E-state index >= 15 is 0 Å². The van der Waals surface area contributed by atoms with Crippen LogP contribution in [0.4, 0.5) is 5.95 Å². The van der Waals surface area contributed by atoms with Crippen molar-refractivity contribution in [2.75, 3.05) is 37.1 Å². The fourth-order valence-electron chi connectivity index (χ4n) is 3.20. The molecule has 0 amide bonds. The highest BCUT2D eigenvalue weighted by molar-refractivity contribution is 6.18. The van der Waals surface area contributed by atoms with Gasteiger partial charge in [-0.1, -0.05) is 0 Å². The molecule has 4 heterocycles. The van der Waals surface area contributed by atoms with Gasteiger partial charge in [-0.2, -0.15) is 10.2 Å². The number of morpholine rings is 1. The Balaban J connectivity index is 1.44. The topological polar surface area (TPSA) is 100 Å². The van der Waals surface area contributed by atoms with Crippen LogP contribution in [0.15, 0.2) is 41.7 Å². The molecule has 30 heavy (non-hydrogen) atoms. The van der Waals surface area contributed by atoms with Gasteiger partial charge < -0.3 is 14.4 Å². The van der Waals surface area contributed by atoms with Crippen LogP contribution in [-0.2, 0) is 18.3 Å². The van der Waals surface area contributed by atoms with Crippen LogP contribution >= 0.6 is 11.6 Å². The van der Waals surface area contributed by atoms with Crippen molar-refractivity contribution in [3.8, 4) is 17.0 Å². The predicted molar refractivity (Wildman–Crippen MR) is 111 cm³/mol. The standard InChI is InChI=1S/C19H22ClN7O3/c1-25-11-14(8-23-25)17-2-3-18(28)27(24-17)13-16-12-26(5-7-30-16)19-21-9-15(10-22-19)29-6-4-20/h2-3,8-11,16H,4-7,12-13H2,1H3. The first-order chi connectivity index (χ1) is 14.6. The highest BCUT2D eigenvalue weighted by Crippen LogP contribution is 2.17. The first-order valence-electron chi connectivity index (χ1n) is 9.57. The lowest BCUT2D eigenvalue weighted by Crippen LogP contribution is -2.46. The predicted octanol–water partition coefficient (Wildman–Crippen LogP) is 0.957. The number of nitrogens with zero attached hydrogens (tertiary/aromatic N) is 7. The summed E-state index contributed by atoms with van der Waals surface area (Å²) in [5.74, 6) is 1.57. The van der Waals surface area contributed by atoms with E-state index in [1.54, 1.807) is 29.3 Å². The van der Waals surface area contributed by atoms with Crippen LogP contribution < -0.4 is 15.2 Å². The van der Waals surface area contributed by atoms with E-state index in [2.05, 4.69) is 20.2 Å². The van der Waals surface area contributed by atoms with Crippen LogP contribution in [0.25, 0.3) is 11.3 Å². The molecule has 0 saturated carbocycles. The molecule has 1 saturated heterocycles. The average molecular weight is 432 g/mol. The largest absolute Gasteiger partial charge is 0.489 e. The SMILES string of the molecule is Cn1cc(-c2ccc(=O)n(CC3CN(c4ncc(OCCCl)cn4)CCO3)n2)cn1. The first kappa shape index (κ1) is 20.3. The summed E-state index contributed by atoms with van der Waals surface area (Å²) in [6, 6.07) is 3.21. The molecule has 3 aromatic heterocycles. The van der Waals surface area contributed by atoms with E-state index in [9.17, 15) is 4.79 Å². The van der Waals surface area contributed by atoms with Crippen molar-refractivity contribution < 1.29 is 9.47 Å². The maximum Gasteiger partial charge on any atom is 0.266 e. The summed E-state index contributed by atoms with van der Waals surface area (Å²) in [6.45, 7) is 2.46. The number of halogens is 1. The number of alkyl halides is 1. The molecular weight excluding hydrogens is 410 g/mol. The van der Waals surface area contributed by atoms with Gasteiger partial charge in [-0.3, -0.25) is 9.48 Å². The minimum absolute atomic E-state index is 0.180. The molecule has 4 rings (SSSR count). The minimum Gasteiger partial charge on any atom is -0.489 e. The van der Waals surface area contributed by atoms with E-state index in [0.29, 0.717) is 56.1 Å². The van der Waals surface area contributed by atoms with Gasteiger partial charge in [-0.15, -0.1) is 11.6 Å². The number of hydrogen-bond donors (Lipinski definition) is 0. The first-order valence-corrected chi connectivity index (χ1v) is 10.1. The Morgan fingerprint density at radius 2 is 2.10 bits per heavy atom. The summed E-state index contributed by atoms with van der Waals surface area (Å²) in [4.78, 5) is 23.1. The van der Waals surface area contributed by atoms with Gasteiger partial charge in [0.25, 0.3) is 5.56 Å². The summed E-state index contributed by atoms with van der Waals surface area (Å²) < 4.78 is 14.4. The van der Waals surface area contributed by atoms with Gasteiger partial charge in [0, 0.05) is 38.0 Å². The molecule has 10 nitrogen and oxygen atoms in total. The molecule has 0 aromatic carbocycles. The normalized spacial score (nSPS) is 16.6. The fraction of sp³-hybridized carbons (Fsp3) is 0.421. The Labute approximate surface area is 178 Å². The third-order valence-corrected chi connectivity index (χ3v) is 4.78. The summed E-state index contributed by atoms with van der Waals surface area (Å²) in [6.07, 6.45) is 6.61. The quantitative estimate of drug-likeness (QED) is 0.510. The Morgan fingerprint density at radius 1 is 1.27 bits per heavy atom. The molecule has 1 fully saturated rings. The molecule has 0 bridgehead atoms. The summed E-state index contributed by atoms with van der Waals surface area (Å²) >= 11 is 5.62. The van der Waals surface area contributed by atoms with Gasteiger partial charge in [0.2, 0.25) is 5.95 Å². The van der Waals surface area contributed by atoms with Gasteiger partial charge in [0.1, 0.15) is 6.61 Å². The van der Waals surface area contributed by atoms with Crippen molar-refractivity contribution in [1.82, 2.24) is 29.5 Å². The monoisotopic (exact) mass is 431 g/mol. The van der Waals surface area contributed by atoms with Crippen LogP contribution in [0.2, 0.25) is 0 Å². The molecule has 0 N–H and O–H groups in total. The third kappa shape index (κ3) is 4.77. The van der Waals surface area contributed by atoms with Crippen molar-refractivity contribution in [2.24, 2.45) is 7.05 Å². The van der Waals surface area contributed by atoms with Gasteiger partial charge >= 0.3 is 0 Å². The van der Waals surface area contributed by atoms with Crippen LogP contribution in [0, 0.1) is 0 Å². The summed E-state index contributed by atoms with van der Waals surface area (Å²) in [7, 11) is 1.84. The van der Waals surface area contributed by atoms with E-state index in [-0.39, 0.29) is 11.7 Å². The maximum atomic E-state index is 12.3. The number of ether oxygens (including phenoxy) is 2. The highest BCUT2D eigenvalue weighted by Gasteiger charge is 2.23. The number of aromatic nitrogens is 6. The number of anilines is 1. The minimum atomic E-state index is -0.219. The Kier molecular flexibility index (Phi) is 6.24. The van der Waals surface area contributed by atoms with E-state index < -0.39 is 0 Å². The molecule has 1 unspecified atom stereocenters. The molecular formula is C19H22ClN7O3. The fourth-order valence-corrected chi connectivity index (χ4v) is 3.27. The van der Waals surface area contributed by atoms with Crippen LogP contribution in [-0.4, -0.2) is 67.8 Å². The summed E-state index contributed by atoms with van der Waals surface area (Å²) in [5.41, 5.74) is 1.36. The number of rotatable bonds is 7. The van der Waals surface area contributed by atoms with E-state index in [1.165, 1.54) is 10.7 Å². The zero-order valence-electron chi connectivity index (χ0n) is 16.5. The lowest BCUT2D eigenvalue weighted by Gasteiger charge is -2.32. The second-order valence-electron chi connectivity index (χ2n) is 6.84. The van der Waals surface area contributed by atoms with Gasteiger partial charge in [-0.25, -0.2) is 14.6 Å². The maximum absolute atomic E-state index is 12.3. The molecule has 1 aliphatic rings. The molecule has 0 radical (unpaired) electrons. The van der Waals surface area contributed by atoms with E-state index in [1.807, 2.05) is 18.1 Å². The molecule has 1 aliphatic heterocycles. The number of hydrogen-bond acceptors (Lipinski definition) is 8. The lowest BCUT2D eigenvalue weighted by atomic mass is 10.2. The van der Waals surface area contributed by atoms with E-state index in [0.717, 1.165) is 5.56 Å². The highest BCUT2D eigenvalue weighted by atomic mass is 35.5. The van der Waals surface area contributed by atoms with Crippen LogP contribution in [0.3, 0.4) is 0 Å². The molecule has 3 aromatic rings. The Morgan fingerprint density at radius 3 is 2.83 bits per heavy atom. The molecule has 1 atom stereocenters. The van der Waals surface area contributed by atoms with Gasteiger partial charge in [0.05, 0.1) is 49.4 Å². The van der Waals surface area contributed by atoms with E-state index in [4.69, 9.17) is 21.1 Å². The van der Waals surface area contributed by atoms with Crippen LogP contribution in [0.1, 0.15) is 0 Å². The molecule has 0 spiro atoms. The van der Waals surface area contributed by atoms with Crippen molar-refractivity contribution in [2.45, 2.75) is 12.6 Å². The van der Waals surface area contributed by atoms with Gasteiger partial charge in [-0.05, 0) is 6.07 Å². The summed E-state index contributed by atoms with van der Waals surface area (Å²) in [5, 5.41) is 8.64. The van der Waals surface area contributed by atoms with Crippen LogP contribution in [0.5, 0.6) is 5.75 Å². The average Bonchev–Trinajstić information content (AvgIpc) is 3.21. The van der Waals surface area contributed by atoms with Crippen molar-refractivity contribution in [1.29, 1.82) is 0 Å². The van der Waals surface area contributed by atoms with Crippen molar-refractivity contribution in [3.63, 3.8) is 0 Å². The Hall–Kier alpha value is -2.98. The van der Waals surface area contributed by atoms with Gasteiger partial charge in [0.15, 0.2) is 5.75 Å². The second-order valence-corrected chi connectivity index (χ2v) is 7.21. The molecule has 158 valence electrons. The molecule has 11 heteroatoms. The smallest absolute Gasteiger partial charge is 0.266 e. The van der Waals surface area contributed by atoms with Crippen molar-refractivity contribution in [3.05, 3.63) is 47.3 Å². The third-order valence-electron chi connectivity index (χ3n) is 4.63. The lowest BCUT2D eigenvalue weighted by molar-refractivity contribution is 0.0260. The zero-order valence-corrected chi connectivity index (χ0v) is 17.3. The Bertz CT molecular complexity index is 1040.